The zero-order valence-corrected chi connectivity index (χ0v) is 10.8. The van der Waals surface area contributed by atoms with Crippen molar-refractivity contribution in [2.45, 2.75) is 6.54 Å². The first-order valence-corrected chi connectivity index (χ1v) is 6.97. The van der Waals surface area contributed by atoms with Crippen LogP contribution in [0, 0.1) is 0 Å². The maximum atomic E-state index is 4.74. The maximum absolute atomic E-state index is 4.74. The van der Waals surface area contributed by atoms with Crippen molar-refractivity contribution in [2.75, 3.05) is 0 Å². The Kier molecular flexibility index (Phi) is 1.62. The van der Waals surface area contributed by atoms with E-state index >= 15 is 0 Å². The Morgan fingerprint density at radius 1 is 1.21 bits per heavy atom. The van der Waals surface area contributed by atoms with E-state index in [0.717, 1.165) is 23.5 Å². The third kappa shape index (κ3) is 1.11. The molecule has 4 nitrogen and oxygen atoms in total. The van der Waals surface area contributed by atoms with Gasteiger partial charge in [-0.15, -0.1) is 0 Å². The maximum Gasteiger partial charge on any atom is 0.362 e. The molecule has 19 heavy (non-hydrogen) atoms. The number of hydrogen-bond donors (Lipinski definition) is 0. The van der Waals surface area contributed by atoms with Gasteiger partial charge in [0.25, 0.3) is 5.65 Å². The Morgan fingerprint density at radius 3 is 3.21 bits per heavy atom. The van der Waals surface area contributed by atoms with Gasteiger partial charge in [-0.1, -0.05) is 17.4 Å². The highest BCUT2D eigenvalue weighted by Gasteiger charge is 2.32. The molecule has 0 atom stereocenters. The standard InChI is InChI=1S/C14H9N4S/c1-2-7-17-11(5-1)16-12-14(17)19-13-9-4-3-6-15-10(9)8-18(12)13/h1-7H,8H2/q+1. The molecule has 4 aromatic rings. The molecule has 5 heteroatoms. The highest BCUT2D eigenvalue weighted by atomic mass is 32.1. The number of nitrogens with zero attached hydrogens (tertiary/aromatic N) is 4. The molecular weight excluding hydrogens is 256 g/mol. The van der Waals surface area contributed by atoms with Gasteiger partial charge in [0.1, 0.15) is 6.54 Å². The fourth-order valence-electron chi connectivity index (χ4n) is 2.73. The fraction of sp³-hybridized carbons (Fsp3) is 0.0714. The van der Waals surface area contributed by atoms with Gasteiger partial charge in [0.15, 0.2) is 5.01 Å². The Labute approximate surface area is 112 Å². The van der Waals surface area contributed by atoms with E-state index in [9.17, 15) is 0 Å². The Balaban J connectivity index is 1.93. The smallest absolute Gasteiger partial charge is 0.265 e. The molecule has 0 amide bonds. The first kappa shape index (κ1) is 9.63. The molecule has 5 rings (SSSR count). The second kappa shape index (κ2) is 3.19. The van der Waals surface area contributed by atoms with Crippen LogP contribution in [0.25, 0.3) is 26.7 Å². The zero-order valence-electron chi connectivity index (χ0n) is 9.95. The summed E-state index contributed by atoms with van der Waals surface area (Å²) in [5.41, 5.74) is 4.45. The van der Waals surface area contributed by atoms with Gasteiger partial charge >= 0.3 is 5.65 Å². The van der Waals surface area contributed by atoms with E-state index in [4.69, 9.17) is 4.98 Å². The average molecular weight is 265 g/mol. The van der Waals surface area contributed by atoms with Crippen LogP contribution >= 0.6 is 11.3 Å². The topological polar surface area (TPSA) is 34.1 Å². The highest BCUT2D eigenvalue weighted by Crippen LogP contribution is 2.34. The predicted octanol–water partition coefficient (Wildman–Crippen LogP) is 2.26. The van der Waals surface area contributed by atoms with Crippen LogP contribution in [-0.4, -0.2) is 14.4 Å². The van der Waals surface area contributed by atoms with Crippen LogP contribution in [0.15, 0.2) is 42.7 Å². The summed E-state index contributed by atoms with van der Waals surface area (Å²) in [5.74, 6) is 0. The summed E-state index contributed by atoms with van der Waals surface area (Å²) in [6.07, 6.45) is 3.93. The van der Waals surface area contributed by atoms with Crippen LogP contribution in [0.2, 0.25) is 0 Å². The Bertz CT molecular complexity index is 951. The van der Waals surface area contributed by atoms with Gasteiger partial charge in [-0.05, 0) is 23.2 Å². The minimum absolute atomic E-state index is 0.829. The first-order chi connectivity index (χ1) is 9.42. The van der Waals surface area contributed by atoms with Crippen molar-refractivity contribution in [1.29, 1.82) is 0 Å². The zero-order chi connectivity index (χ0) is 12.4. The van der Waals surface area contributed by atoms with Gasteiger partial charge in [0.05, 0.1) is 11.3 Å². The number of thiazole rings is 1. The lowest BCUT2D eigenvalue weighted by molar-refractivity contribution is -0.644. The predicted molar refractivity (Wildman–Crippen MR) is 73.1 cm³/mol. The van der Waals surface area contributed by atoms with Crippen LogP contribution in [-0.2, 0) is 6.54 Å². The third-order valence-electron chi connectivity index (χ3n) is 3.59. The third-order valence-corrected chi connectivity index (χ3v) is 4.80. The summed E-state index contributed by atoms with van der Waals surface area (Å²) >= 11 is 1.79. The molecule has 0 fully saturated rings. The molecule has 4 aromatic heterocycles. The second-order valence-electron chi connectivity index (χ2n) is 4.66. The summed E-state index contributed by atoms with van der Waals surface area (Å²) in [5, 5.41) is 1.26. The van der Waals surface area contributed by atoms with E-state index in [1.165, 1.54) is 15.4 Å². The largest absolute Gasteiger partial charge is 0.362 e. The molecule has 0 N–H and O–H groups in total. The monoisotopic (exact) mass is 265 g/mol. The molecule has 1 aliphatic rings. The minimum Gasteiger partial charge on any atom is -0.265 e. The highest BCUT2D eigenvalue weighted by molar-refractivity contribution is 7.20. The second-order valence-corrected chi connectivity index (χ2v) is 5.64. The lowest BCUT2D eigenvalue weighted by atomic mass is 10.2. The van der Waals surface area contributed by atoms with Gasteiger partial charge in [0.2, 0.25) is 4.83 Å². The summed E-state index contributed by atoms with van der Waals surface area (Å²) in [4.78, 5) is 10.4. The molecule has 0 aromatic carbocycles. The van der Waals surface area contributed by atoms with Gasteiger partial charge < -0.3 is 0 Å². The number of rotatable bonds is 0. The lowest BCUT2D eigenvalue weighted by Crippen LogP contribution is -2.30. The van der Waals surface area contributed by atoms with E-state index in [1.54, 1.807) is 11.3 Å². The Morgan fingerprint density at radius 2 is 2.21 bits per heavy atom. The molecule has 0 saturated carbocycles. The van der Waals surface area contributed by atoms with Crippen LogP contribution in [0.3, 0.4) is 0 Å². The summed E-state index contributed by atoms with van der Waals surface area (Å²) in [6, 6.07) is 10.2. The van der Waals surface area contributed by atoms with Crippen molar-refractivity contribution in [1.82, 2.24) is 14.4 Å². The summed E-state index contributed by atoms with van der Waals surface area (Å²) < 4.78 is 4.42. The number of aromatic nitrogens is 4. The van der Waals surface area contributed by atoms with E-state index < -0.39 is 0 Å². The molecule has 0 aliphatic carbocycles. The van der Waals surface area contributed by atoms with Gasteiger partial charge in [-0.3, -0.25) is 9.38 Å². The summed E-state index contributed by atoms with van der Waals surface area (Å²) in [6.45, 7) is 0.829. The van der Waals surface area contributed by atoms with Crippen LogP contribution < -0.4 is 4.57 Å². The van der Waals surface area contributed by atoms with Crippen LogP contribution in [0.4, 0.5) is 0 Å². The molecule has 0 saturated heterocycles. The molecule has 90 valence electrons. The van der Waals surface area contributed by atoms with Crippen molar-refractivity contribution in [3.63, 3.8) is 0 Å². The quantitative estimate of drug-likeness (QED) is 0.402. The average Bonchev–Trinajstić information content (AvgIpc) is 3.07. The fourth-order valence-corrected chi connectivity index (χ4v) is 3.97. The van der Waals surface area contributed by atoms with Gasteiger partial charge in [-0.25, -0.2) is 4.57 Å². The van der Waals surface area contributed by atoms with Crippen molar-refractivity contribution in [2.24, 2.45) is 0 Å². The van der Waals surface area contributed by atoms with Gasteiger partial charge in [-0.2, -0.15) is 0 Å². The molecule has 0 spiro atoms. The lowest BCUT2D eigenvalue weighted by Gasteiger charge is -1.91. The minimum atomic E-state index is 0.829. The molecule has 5 heterocycles. The molecular formula is C14H9N4S+. The van der Waals surface area contributed by atoms with Crippen molar-refractivity contribution < 1.29 is 4.57 Å². The van der Waals surface area contributed by atoms with E-state index in [0.29, 0.717) is 0 Å². The van der Waals surface area contributed by atoms with E-state index in [2.05, 4.69) is 26.2 Å². The Hall–Kier alpha value is -2.27. The summed E-state index contributed by atoms with van der Waals surface area (Å²) in [7, 11) is 0. The number of fused-ring (bicyclic) bond motifs is 7. The van der Waals surface area contributed by atoms with E-state index in [1.807, 2.05) is 30.5 Å². The molecule has 1 aliphatic heterocycles. The van der Waals surface area contributed by atoms with Gasteiger partial charge in [0, 0.05) is 18.5 Å². The van der Waals surface area contributed by atoms with Crippen molar-refractivity contribution >= 4 is 27.5 Å². The van der Waals surface area contributed by atoms with Crippen molar-refractivity contribution in [3.05, 3.63) is 48.4 Å². The normalized spacial score (nSPS) is 13.1. The van der Waals surface area contributed by atoms with E-state index in [-0.39, 0.29) is 0 Å². The number of hydrogen-bond acceptors (Lipinski definition) is 3. The number of pyridine rings is 2. The molecule has 0 unspecified atom stereocenters. The SMILES string of the molecule is c1cnc2c(c1)-c1sc3c(nc4ccccn43)[n+]1C2. The number of imidazole rings is 1. The first-order valence-electron chi connectivity index (χ1n) is 6.15. The van der Waals surface area contributed by atoms with Crippen LogP contribution in [0.5, 0.6) is 0 Å². The van der Waals surface area contributed by atoms with Crippen LogP contribution in [0.1, 0.15) is 5.69 Å². The molecule has 0 radical (unpaired) electrons. The van der Waals surface area contributed by atoms with Crippen molar-refractivity contribution in [3.8, 4) is 10.6 Å². The molecule has 0 bridgehead atoms.